The summed E-state index contributed by atoms with van der Waals surface area (Å²) in [5.41, 5.74) is 27.0. The molecule has 40 valence electrons. The van der Waals surface area contributed by atoms with E-state index >= 15 is 0 Å². The maximum atomic E-state index is 6.75. The van der Waals surface area contributed by atoms with E-state index in [1.165, 1.54) is 9.82 Å². The van der Waals surface area contributed by atoms with E-state index in [9.17, 15) is 0 Å². The number of nitrogens with zero attached hydrogens (tertiary/aromatic N) is 6. The Morgan fingerprint density at radius 2 is 0.875 bits per heavy atom. The summed E-state index contributed by atoms with van der Waals surface area (Å²) in [6.45, 7) is 0. The summed E-state index contributed by atoms with van der Waals surface area (Å²) >= 11 is 0.822. The topological polar surface area (TPSA) is 117 Å². The first-order chi connectivity index (χ1) is 3.83. The third-order valence-electron chi connectivity index (χ3n) is 0. The van der Waals surface area contributed by atoms with Gasteiger partial charge >= 0.3 is 31.8 Å². The Kier molecular flexibility index (Phi) is 140. The molecule has 0 heterocycles. The van der Waals surface area contributed by atoms with Crippen LogP contribution in [0, 0.1) is 0 Å². The van der Waals surface area contributed by atoms with Gasteiger partial charge in [0, 0.05) is 0 Å². The molecule has 0 spiro atoms. The van der Waals surface area contributed by atoms with Crippen LogP contribution in [0.3, 0.4) is 0 Å². The van der Waals surface area contributed by atoms with E-state index in [-0.39, 0.29) is 0 Å². The number of halogens is 1. The zero-order valence-corrected chi connectivity index (χ0v) is 7.69. The molecule has 6 nitrogen and oxygen atoms in total. The molecule has 0 aliphatic heterocycles. The van der Waals surface area contributed by atoms with E-state index in [1.54, 1.807) is 0 Å². The molecule has 0 atom stereocenters. The average molecular weight is 234 g/mol. The van der Waals surface area contributed by atoms with E-state index in [1.807, 2.05) is 0 Å². The van der Waals surface area contributed by atoms with Gasteiger partial charge in [0.1, 0.15) is 0 Å². The van der Waals surface area contributed by atoms with Crippen LogP contribution in [-0.2, 0) is 0 Å². The number of rotatable bonds is 0. The van der Waals surface area contributed by atoms with Gasteiger partial charge in [-0.05, 0) is 0 Å². The third-order valence-corrected chi connectivity index (χ3v) is 0. The van der Waals surface area contributed by atoms with Crippen LogP contribution in [0.5, 0.6) is 0 Å². The van der Waals surface area contributed by atoms with Crippen molar-refractivity contribution in [1.82, 2.24) is 0 Å². The molecular formula is ClInN6. The molecular weight excluding hydrogens is 234 g/mol. The Morgan fingerprint density at radius 3 is 0.875 bits per heavy atom. The Balaban J connectivity index is -0.0000000483. The van der Waals surface area contributed by atoms with Crippen LogP contribution in [0.15, 0.2) is 0 Å². The van der Waals surface area contributed by atoms with Crippen molar-refractivity contribution in [1.29, 1.82) is 0 Å². The van der Waals surface area contributed by atoms with Crippen LogP contribution in [0.2, 0.25) is 0 Å². The molecule has 8 heavy (non-hydrogen) atoms. The van der Waals surface area contributed by atoms with Crippen molar-refractivity contribution < 1.29 is 0 Å². The molecule has 0 fully saturated rings. The van der Waals surface area contributed by atoms with Crippen LogP contribution >= 0.6 is 8.58 Å². The van der Waals surface area contributed by atoms with E-state index in [0.717, 1.165) is 23.2 Å². The second-order valence-electron chi connectivity index (χ2n) is 0.179. The van der Waals surface area contributed by atoms with Crippen molar-refractivity contribution in [3.8, 4) is 0 Å². The minimum absolute atomic E-state index is 0.822. The van der Waals surface area contributed by atoms with Crippen molar-refractivity contribution in [2.75, 3.05) is 0 Å². The zero-order valence-electron chi connectivity index (χ0n) is 3.64. The molecule has 0 aromatic rings. The molecule has 0 amide bonds. The SMILES string of the molecule is [Cl][In+2].[N-]=[N+]=[N-].[N-]=[N+]=[N-]. The summed E-state index contributed by atoms with van der Waals surface area (Å²) in [7, 11) is 4.77. The summed E-state index contributed by atoms with van der Waals surface area (Å²) in [6, 6.07) is 0. The molecule has 0 radical (unpaired) electrons. The van der Waals surface area contributed by atoms with Crippen molar-refractivity contribution in [2.45, 2.75) is 0 Å². The summed E-state index contributed by atoms with van der Waals surface area (Å²) in [6.07, 6.45) is 0. The van der Waals surface area contributed by atoms with Crippen LogP contribution in [0.4, 0.5) is 0 Å². The molecule has 0 saturated carbocycles. The van der Waals surface area contributed by atoms with Gasteiger partial charge in [-0.25, -0.2) is 0 Å². The summed E-state index contributed by atoms with van der Waals surface area (Å²) in [5.74, 6) is 0. The smallest absolute Gasteiger partial charge is 0.255 e. The van der Waals surface area contributed by atoms with Gasteiger partial charge in [0.15, 0.2) is 0 Å². The minimum Gasteiger partial charge on any atom is -0.373 e. The van der Waals surface area contributed by atoms with Crippen LogP contribution in [0.1, 0.15) is 0 Å². The van der Waals surface area contributed by atoms with Gasteiger partial charge in [-0.2, -0.15) is 0 Å². The Bertz CT molecular complexity index is 62.5. The fourth-order valence-electron chi connectivity index (χ4n) is 0. The van der Waals surface area contributed by atoms with Crippen LogP contribution < -0.4 is 0 Å². The van der Waals surface area contributed by atoms with E-state index in [4.69, 9.17) is 30.7 Å². The summed E-state index contributed by atoms with van der Waals surface area (Å²) in [5, 5.41) is 0. The normalized spacial score (nSPS) is 2.88. The number of hydrogen-bond acceptors (Lipinski definition) is 0. The quantitative estimate of drug-likeness (QED) is 0.346. The predicted molar refractivity (Wildman–Crippen MR) is 31.8 cm³/mol. The molecule has 0 aromatic carbocycles. The van der Waals surface area contributed by atoms with Crippen molar-refractivity contribution in [3.05, 3.63) is 31.9 Å². The van der Waals surface area contributed by atoms with Gasteiger partial charge in [-0.3, -0.25) is 9.82 Å². The van der Waals surface area contributed by atoms with Gasteiger partial charge in [0.25, 0.3) is 0 Å². The molecule has 0 bridgehead atoms. The van der Waals surface area contributed by atoms with Crippen molar-refractivity contribution in [2.24, 2.45) is 0 Å². The second kappa shape index (κ2) is 71.5. The first-order valence-electron chi connectivity index (χ1n) is 1.02. The summed E-state index contributed by atoms with van der Waals surface area (Å²) < 4.78 is 0. The van der Waals surface area contributed by atoms with Crippen molar-refractivity contribution in [3.63, 3.8) is 0 Å². The fourth-order valence-corrected chi connectivity index (χ4v) is 0. The van der Waals surface area contributed by atoms with Gasteiger partial charge in [-0.15, -0.1) is 0 Å². The number of hydrogen-bond donors (Lipinski definition) is 0. The minimum atomic E-state index is 0.822. The largest absolute Gasteiger partial charge is 0.373 e. The molecule has 0 aliphatic carbocycles. The maximum absolute atomic E-state index is 6.75. The van der Waals surface area contributed by atoms with Crippen LogP contribution in [-0.4, -0.2) is 23.2 Å². The Morgan fingerprint density at radius 1 is 0.875 bits per heavy atom. The molecule has 0 saturated heterocycles. The molecule has 0 unspecified atom stereocenters. The monoisotopic (exact) mass is 234 g/mol. The fraction of sp³-hybridized carbons (Fsp3) is 0. The molecule has 0 rings (SSSR count). The average Bonchev–Trinajstić information content (AvgIpc) is 1.75. The Labute approximate surface area is 63.8 Å². The molecule has 0 aliphatic rings. The Hall–Kier alpha value is -0.220. The first-order valence-corrected chi connectivity index (χ1v) is 5.19. The van der Waals surface area contributed by atoms with Gasteiger partial charge in [-0.1, -0.05) is 0 Å². The molecule has 0 aromatic heterocycles. The first kappa shape index (κ1) is 15.7. The third kappa shape index (κ3) is 2730. The van der Waals surface area contributed by atoms with Crippen LogP contribution in [0.25, 0.3) is 31.9 Å². The second-order valence-corrected chi connectivity index (χ2v) is 0.179. The summed E-state index contributed by atoms with van der Waals surface area (Å²) in [4.78, 5) is 3.00. The van der Waals surface area contributed by atoms with E-state index < -0.39 is 0 Å². The van der Waals surface area contributed by atoms with E-state index in [0.29, 0.717) is 0 Å². The molecule has 0 N–H and O–H groups in total. The molecule has 8 heteroatoms. The van der Waals surface area contributed by atoms with Gasteiger partial charge in [0.05, 0.1) is 0 Å². The standard InChI is InChI=1S/ClH.In.2N3/c;;2*1-3-2/h1H;;;/q;+3;2*-1/p-1. The predicted octanol–water partition coefficient (Wildman–Crippen LogP) is 2.04. The van der Waals surface area contributed by atoms with Crippen molar-refractivity contribution >= 4 is 31.8 Å². The zero-order chi connectivity index (χ0) is 7.41. The van der Waals surface area contributed by atoms with E-state index in [2.05, 4.69) is 0 Å². The van der Waals surface area contributed by atoms with Gasteiger partial charge in [0.2, 0.25) is 0 Å². The maximum Gasteiger partial charge on any atom is -0.255 e. The van der Waals surface area contributed by atoms with Gasteiger partial charge < -0.3 is 22.1 Å².